The summed E-state index contributed by atoms with van der Waals surface area (Å²) in [5.41, 5.74) is 0.0256. The Morgan fingerprint density at radius 3 is 2.58 bits per heavy atom. The summed E-state index contributed by atoms with van der Waals surface area (Å²) in [6, 6.07) is 10.6. The first-order valence-electron chi connectivity index (χ1n) is 7.54. The molecule has 0 saturated heterocycles. The van der Waals surface area contributed by atoms with E-state index < -0.39 is 23.3 Å². The van der Waals surface area contributed by atoms with Crippen molar-refractivity contribution in [2.24, 2.45) is 0 Å². The molecule has 26 heavy (non-hydrogen) atoms. The van der Waals surface area contributed by atoms with Crippen LogP contribution >= 0.6 is 15.9 Å². The smallest absolute Gasteiger partial charge is 0.454 e. The molecule has 0 unspecified atom stereocenters. The minimum atomic E-state index is -4.97. The number of hydrogen-bond acceptors (Lipinski definition) is 2. The number of ether oxygens (including phenoxy) is 1. The fourth-order valence-electron chi connectivity index (χ4n) is 2.60. The van der Waals surface area contributed by atoms with E-state index in [0.717, 1.165) is 6.20 Å². The van der Waals surface area contributed by atoms with Crippen LogP contribution in [-0.4, -0.2) is 23.1 Å². The second-order valence-corrected chi connectivity index (χ2v) is 6.42. The second kappa shape index (κ2) is 7.11. The largest absolute Gasteiger partial charge is 0.489 e. The molecular weight excluding hydrogens is 418 g/mol. The molecule has 3 rings (SSSR count). The number of benzene rings is 2. The molecule has 0 fully saturated rings. The third-order valence-electron chi connectivity index (χ3n) is 3.77. The van der Waals surface area contributed by atoms with Gasteiger partial charge in [0.15, 0.2) is 11.6 Å². The van der Waals surface area contributed by atoms with Crippen molar-refractivity contribution in [2.45, 2.75) is 12.7 Å². The Kier molecular flexibility index (Phi) is 5.04. The molecule has 0 aliphatic rings. The number of halogens is 5. The lowest BCUT2D eigenvalue weighted by Crippen LogP contribution is -2.22. The van der Waals surface area contributed by atoms with E-state index >= 15 is 0 Å². The number of alkyl halides is 3. The molecule has 2 aromatic carbocycles. The van der Waals surface area contributed by atoms with E-state index in [1.165, 1.54) is 28.8 Å². The summed E-state index contributed by atoms with van der Waals surface area (Å²) in [6.45, 7) is 0.179. The van der Waals surface area contributed by atoms with Crippen LogP contribution in [0.2, 0.25) is 0 Å². The van der Waals surface area contributed by atoms with Crippen molar-refractivity contribution >= 4 is 32.6 Å². The highest BCUT2D eigenvalue weighted by Crippen LogP contribution is 2.30. The first kappa shape index (κ1) is 18.4. The molecule has 0 radical (unpaired) electrons. The van der Waals surface area contributed by atoms with Crippen molar-refractivity contribution in [3.05, 3.63) is 64.5 Å². The molecule has 1 aromatic heterocycles. The highest BCUT2D eigenvalue weighted by atomic mass is 79.9. The molecule has 0 atom stereocenters. The molecule has 1 heterocycles. The van der Waals surface area contributed by atoms with Gasteiger partial charge in [-0.3, -0.25) is 4.79 Å². The van der Waals surface area contributed by atoms with Crippen molar-refractivity contribution in [1.82, 2.24) is 4.57 Å². The predicted molar refractivity (Wildman–Crippen MR) is 91.9 cm³/mol. The summed E-state index contributed by atoms with van der Waals surface area (Å²) in [5, 5.41) is 0.188. The quantitative estimate of drug-likeness (QED) is 0.403. The minimum Gasteiger partial charge on any atom is -0.489 e. The molecule has 0 aliphatic carbocycles. The van der Waals surface area contributed by atoms with E-state index in [1.807, 2.05) is 0 Å². The molecule has 3 aromatic rings. The van der Waals surface area contributed by atoms with Gasteiger partial charge in [-0.1, -0.05) is 28.1 Å². The monoisotopic (exact) mass is 429 g/mol. The lowest BCUT2D eigenvalue weighted by atomic mass is 10.1. The third-order valence-corrected chi connectivity index (χ3v) is 4.26. The maximum Gasteiger partial charge on any atom is 0.454 e. The number of ketones is 1. The predicted octanol–water partition coefficient (Wildman–Crippen LogP) is 5.37. The van der Waals surface area contributed by atoms with E-state index in [0.29, 0.717) is 9.99 Å². The van der Waals surface area contributed by atoms with Crippen molar-refractivity contribution in [3.63, 3.8) is 0 Å². The van der Waals surface area contributed by atoms with Crippen LogP contribution in [0.25, 0.3) is 10.9 Å². The number of carbonyl (C=O) groups excluding carboxylic acids is 1. The average molecular weight is 430 g/mol. The Morgan fingerprint density at radius 2 is 1.88 bits per heavy atom. The van der Waals surface area contributed by atoms with Gasteiger partial charge in [0.25, 0.3) is 5.78 Å². The first-order valence-corrected chi connectivity index (χ1v) is 8.34. The van der Waals surface area contributed by atoms with E-state index in [4.69, 9.17) is 4.74 Å². The van der Waals surface area contributed by atoms with E-state index in [-0.39, 0.29) is 24.3 Å². The molecular formula is C18H12BrF4NO2. The summed E-state index contributed by atoms with van der Waals surface area (Å²) in [4.78, 5) is 11.7. The van der Waals surface area contributed by atoms with Crippen LogP contribution in [0.5, 0.6) is 5.75 Å². The molecule has 0 aliphatic heterocycles. The Bertz CT molecular complexity index is 965. The first-order chi connectivity index (χ1) is 12.3. The van der Waals surface area contributed by atoms with Crippen LogP contribution in [0.4, 0.5) is 17.6 Å². The van der Waals surface area contributed by atoms with Crippen molar-refractivity contribution in [1.29, 1.82) is 0 Å². The van der Waals surface area contributed by atoms with Gasteiger partial charge in [0.1, 0.15) is 6.61 Å². The van der Waals surface area contributed by atoms with Crippen molar-refractivity contribution < 1.29 is 27.1 Å². The summed E-state index contributed by atoms with van der Waals surface area (Å²) >= 11 is 3.20. The SMILES string of the molecule is O=C(c1cn(CCOc2ccccc2F)c2ccc(Br)cc12)C(F)(F)F. The third kappa shape index (κ3) is 3.75. The maximum atomic E-state index is 13.5. The Labute approximate surface area is 154 Å². The Morgan fingerprint density at radius 1 is 1.15 bits per heavy atom. The number of aromatic nitrogens is 1. The Balaban J connectivity index is 1.89. The van der Waals surface area contributed by atoms with Crippen LogP contribution in [-0.2, 0) is 6.54 Å². The van der Waals surface area contributed by atoms with Crippen molar-refractivity contribution in [3.8, 4) is 5.75 Å². The van der Waals surface area contributed by atoms with Gasteiger partial charge in [-0.25, -0.2) is 4.39 Å². The number of hydrogen-bond donors (Lipinski definition) is 0. The van der Waals surface area contributed by atoms with E-state index in [9.17, 15) is 22.4 Å². The van der Waals surface area contributed by atoms with Gasteiger partial charge in [0.2, 0.25) is 0 Å². The molecule has 8 heteroatoms. The van der Waals surface area contributed by atoms with E-state index in [1.54, 1.807) is 18.2 Å². The number of nitrogens with zero attached hydrogens (tertiary/aromatic N) is 1. The summed E-state index contributed by atoms with van der Waals surface area (Å²) in [6.07, 6.45) is -3.82. The lowest BCUT2D eigenvalue weighted by Gasteiger charge is -2.09. The molecule has 0 N–H and O–H groups in total. The molecule has 3 nitrogen and oxygen atoms in total. The zero-order valence-electron chi connectivity index (χ0n) is 13.2. The van der Waals surface area contributed by atoms with Crippen LogP contribution in [0, 0.1) is 5.82 Å². The summed E-state index contributed by atoms with van der Waals surface area (Å²) in [5.74, 6) is -2.38. The van der Waals surface area contributed by atoms with Crippen molar-refractivity contribution in [2.75, 3.05) is 6.61 Å². The maximum absolute atomic E-state index is 13.5. The number of carbonyl (C=O) groups is 1. The lowest BCUT2D eigenvalue weighted by molar-refractivity contribution is -0.0884. The molecule has 0 amide bonds. The van der Waals surface area contributed by atoms with Gasteiger partial charge in [-0.2, -0.15) is 13.2 Å². The normalized spacial score (nSPS) is 11.7. The number of Topliss-reactive ketones (excluding diaryl/α,β-unsaturated/α-hetero) is 1. The van der Waals surface area contributed by atoms with Gasteiger partial charge < -0.3 is 9.30 Å². The molecule has 0 saturated carbocycles. The average Bonchev–Trinajstić information content (AvgIpc) is 2.92. The zero-order chi connectivity index (χ0) is 18.9. The van der Waals surface area contributed by atoms with Crippen LogP contribution < -0.4 is 4.74 Å². The fraction of sp³-hybridized carbons (Fsp3) is 0.167. The van der Waals surface area contributed by atoms with E-state index in [2.05, 4.69) is 15.9 Å². The standard InChI is InChI=1S/C18H12BrF4NO2/c19-11-5-6-15-12(9-11)13(17(25)18(21,22)23)10-24(15)7-8-26-16-4-2-1-3-14(16)20/h1-6,9-10H,7-8H2. The van der Waals surface area contributed by atoms with Gasteiger partial charge in [0.05, 0.1) is 12.1 Å². The van der Waals surface area contributed by atoms with Crippen LogP contribution in [0.15, 0.2) is 53.1 Å². The number of fused-ring (bicyclic) bond motifs is 1. The Hall–Kier alpha value is -2.35. The fourth-order valence-corrected chi connectivity index (χ4v) is 2.96. The van der Waals surface area contributed by atoms with Crippen LogP contribution in [0.1, 0.15) is 10.4 Å². The minimum absolute atomic E-state index is 0.0282. The highest BCUT2D eigenvalue weighted by Gasteiger charge is 2.40. The highest BCUT2D eigenvalue weighted by molar-refractivity contribution is 9.10. The molecule has 136 valence electrons. The number of rotatable bonds is 5. The van der Waals surface area contributed by atoms with Gasteiger partial charge >= 0.3 is 6.18 Å². The van der Waals surface area contributed by atoms with Gasteiger partial charge in [-0.05, 0) is 30.3 Å². The summed E-state index contributed by atoms with van der Waals surface area (Å²) in [7, 11) is 0. The van der Waals surface area contributed by atoms with Gasteiger partial charge in [-0.15, -0.1) is 0 Å². The molecule has 0 bridgehead atoms. The van der Waals surface area contributed by atoms with Gasteiger partial charge in [0, 0.05) is 21.6 Å². The van der Waals surface area contributed by atoms with Crippen LogP contribution in [0.3, 0.4) is 0 Å². The summed E-state index contributed by atoms with van der Waals surface area (Å²) < 4.78 is 59.5. The molecule has 0 spiro atoms. The number of para-hydroxylation sites is 1. The zero-order valence-corrected chi connectivity index (χ0v) is 14.8. The second-order valence-electron chi connectivity index (χ2n) is 5.50. The topological polar surface area (TPSA) is 31.2 Å².